The molecule has 0 spiro atoms. The molecule has 0 saturated heterocycles. The Hall–Kier alpha value is -0.590. The van der Waals surface area contributed by atoms with Gasteiger partial charge in [0.1, 0.15) is 5.75 Å². The monoisotopic (exact) mass is 373 g/mol. The highest BCUT2D eigenvalue weighted by atomic mass is 127. The van der Waals surface area contributed by atoms with Crippen LogP contribution in [0.4, 0.5) is 0 Å². The van der Waals surface area contributed by atoms with Gasteiger partial charge in [0, 0.05) is 5.56 Å². The maximum Gasteiger partial charge on any atom is 0.124 e. The number of ether oxygens (including phenoxy) is 1. The van der Waals surface area contributed by atoms with E-state index >= 15 is 0 Å². The summed E-state index contributed by atoms with van der Waals surface area (Å²) in [6.45, 7) is 4.05. The van der Waals surface area contributed by atoms with E-state index in [1.165, 1.54) is 2.88 Å². The fraction of sp³-hybridized carbons (Fsp3) is 0.286. The molecule has 4 heteroatoms. The van der Waals surface area contributed by atoms with Crippen molar-refractivity contribution in [3.8, 4) is 5.75 Å². The molecule has 18 heavy (non-hydrogen) atoms. The Morgan fingerprint density at radius 2 is 2.00 bits per heavy atom. The summed E-state index contributed by atoms with van der Waals surface area (Å²) < 4.78 is 7.07. The lowest BCUT2D eigenvalue weighted by molar-refractivity contribution is 0.239. The van der Waals surface area contributed by atoms with E-state index in [4.69, 9.17) is 10.5 Å². The molecule has 1 atom stereocenters. The van der Waals surface area contributed by atoms with Crippen LogP contribution in [-0.4, -0.2) is 6.10 Å². The minimum Gasteiger partial charge on any atom is -0.491 e. The lowest BCUT2D eigenvalue weighted by atomic mass is 10.0. The number of thiophene rings is 1. The molecule has 1 heterocycles. The summed E-state index contributed by atoms with van der Waals surface area (Å²) in [5.74, 6) is 0.876. The molecule has 0 aliphatic heterocycles. The van der Waals surface area contributed by atoms with Gasteiger partial charge in [0.15, 0.2) is 0 Å². The lowest BCUT2D eigenvalue weighted by Gasteiger charge is -2.18. The normalized spacial score (nSPS) is 12.7. The van der Waals surface area contributed by atoms with Crippen LogP contribution < -0.4 is 10.5 Å². The molecule has 1 aromatic carbocycles. The van der Waals surface area contributed by atoms with Crippen LogP contribution in [0.15, 0.2) is 35.7 Å². The fourth-order valence-corrected chi connectivity index (χ4v) is 3.17. The molecular weight excluding hydrogens is 357 g/mol. The number of rotatable bonds is 4. The minimum absolute atomic E-state index is 0.125. The van der Waals surface area contributed by atoms with Gasteiger partial charge >= 0.3 is 0 Å². The van der Waals surface area contributed by atoms with Crippen LogP contribution in [0.2, 0.25) is 0 Å². The van der Waals surface area contributed by atoms with Crippen LogP contribution in [0.3, 0.4) is 0 Å². The molecule has 0 bridgehead atoms. The average Bonchev–Trinajstić information content (AvgIpc) is 2.75. The first-order chi connectivity index (χ1) is 8.58. The molecule has 0 aliphatic rings. The van der Waals surface area contributed by atoms with Crippen LogP contribution in [0, 0.1) is 2.88 Å². The topological polar surface area (TPSA) is 35.2 Å². The molecule has 0 aliphatic carbocycles. The van der Waals surface area contributed by atoms with Crippen molar-refractivity contribution < 1.29 is 4.74 Å². The first kappa shape index (κ1) is 13.8. The van der Waals surface area contributed by atoms with Gasteiger partial charge in [0.2, 0.25) is 0 Å². The molecule has 2 N–H and O–H groups in total. The van der Waals surface area contributed by atoms with Crippen molar-refractivity contribution in [1.29, 1.82) is 0 Å². The highest BCUT2D eigenvalue weighted by Crippen LogP contribution is 2.31. The van der Waals surface area contributed by atoms with Crippen molar-refractivity contribution >= 4 is 33.9 Å². The predicted octanol–water partition coefficient (Wildman–Crippen LogP) is 4.19. The van der Waals surface area contributed by atoms with E-state index < -0.39 is 0 Å². The van der Waals surface area contributed by atoms with Crippen LogP contribution in [-0.2, 0) is 0 Å². The Morgan fingerprint density at radius 3 is 2.61 bits per heavy atom. The summed E-state index contributed by atoms with van der Waals surface area (Å²) in [6, 6.07) is 9.99. The zero-order chi connectivity index (χ0) is 13.1. The van der Waals surface area contributed by atoms with Gasteiger partial charge in [-0.15, -0.1) is 11.3 Å². The van der Waals surface area contributed by atoms with Crippen molar-refractivity contribution in [2.75, 3.05) is 0 Å². The smallest absolute Gasteiger partial charge is 0.124 e. The van der Waals surface area contributed by atoms with E-state index in [0.29, 0.717) is 0 Å². The van der Waals surface area contributed by atoms with Gasteiger partial charge in [-0.3, -0.25) is 0 Å². The van der Waals surface area contributed by atoms with Crippen LogP contribution in [0.1, 0.15) is 31.0 Å². The van der Waals surface area contributed by atoms with E-state index in [-0.39, 0.29) is 12.1 Å². The molecule has 0 saturated carbocycles. The molecule has 2 nitrogen and oxygen atoms in total. The molecule has 96 valence electrons. The third-order valence-electron chi connectivity index (χ3n) is 2.56. The number of hydrogen-bond acceptors (Lipinski definition) is 3. The van der Waals surface area contributed by atoms with Crippen molar-refractivity contribution in [1.82, 2.24) is 0 Å². The Morgan fingerprint density at radius 1 is 1.28 bits per heavy atom. The molecule has 0 amide bonds. The average molecular weight is 373 g/mol. The zero-order valence-electron chi connectivity index (χ0n) is 10.4. The zero-order valence-corrected chi connectivity index (χ0v) is 13.4. The summed E-state index contributed by atoms with van der Waals surface area (Å²) in [5.41, 5.74) is 8.51. The summed E-state index contributed by atoms with van der Waals surface area (Å²) in [6.07, 6.45) is 0.154. The van der Waals surface area contributed by atoms with Gasteiger partial charge in [-0.25, -0.2) is 0 Å². The van der Waals surface area contributed by atoms with Crippen LogP contribution in [0.25, 0.3) is 0 Å². The Balaban J connectivity index is 2.32. The third-order valence-corrected chi connectivity index (χ3v) is 4.37. The van der Waals surface area contributed by atoms with Crippen LogP contribution >= 0.6 is 33.9 Å². The first-order valence-electron chi connectivity index (χ1n) is 5.83. The highest BCUT2D eigenvalue weighted by molar-refractivity contribution is 14.1. The third kappa shape index (κ3) is 3.24. The second kappa shape index (κ2) is 6.04. The summed E-state index contributed by atoms with van der Waals surface area (Å²) in [5, 5.41) is 2.11. The second-order valence-electron chi connectivity index (χ2n) is 4.37. The van der Waals surface area contributed by atoms with Gasteiger partial charge in [-0.05, 0) is 59.5 Å². The SMILES string of the molecule is CC(C)Oc1ccccc1C(N)c1csc(I)c1. The van der Waals surface area contributed by atoms with Crippen LogP contribution in [0.5, 0.6) is 5.75 Å². The maximum atomic E-state index is 6.33. The number of halogens is 1. The Labute approximate surface area is 125 Å². The van der Waals surface area contributed by atoms with Gasteiger partial charge in [0.25, 0.3) is 0 Å². The highest BCUT2D eigenvalue weighted by Gasteiger charge is 2.15. The first-order valence-corrected chi connectivity index (χ1v) is 7.79. The number of hydrogen-bond donors (Lipinski definition) is 1. The largest absolute Gasteiger partial charge is 0.491 e. The standard InChI is InChI=1S/C14H16INOS/c1-9(2)17-12-6-4-3-5-11(12)14(16)10-7-13(15)18-8-10/h3-9,14H,16H2,1-2H3. The fourth-order valence-electron chi connectivity index (χ4n) is 1.76. The molecule has 0 radical (unpaired) electrons. The minimum atomic E-state index is -0.125. The quantitative estimate of drug-likeness (QED) is 0.816. The molecule has 1 aromatic heterocycles. The Kier molecular flexibility index (Phi) is 4.64. The van der Waals surface area contributed by atoms with Crippen molar-refractivity contribution in [3.63, 3.8) is 0 Å². The predicted molar refractivity (Wildman–Crippen MR) is 85.3 cm³/mol. The molecule has 1 unspecified atom stereocenters. The van der Waals surface area contributed by atoms with Gasteiger partial charge < -0.3 is 10.5 Å². The molecule has 2 aromatic rings. The van der Waals surface area contributed by atoms with Gasteiger partial charge in [-0.1, -0.05) is 18.2 Å². The van der Waals surface area contributed by atoms with E-state index in [1.54, 1.807) is 11.3 Å². The maximum absolute atomic E-state index is 6.33. The van der Waals surface area contributed by atoms with Crippen molar-refractivity contribution in [3.05, 3.63) is 49.7 Å². The number of nitrogens with two attached hydrogens (primary N) is 1. The van der Waals surface area contributed by atoms with E-state index in [0.717, 1.165) is 16.9 Å². The lowest BCUT2D eigenvalue weighted by Crippen LogP contribution is -2.15. The van der Waals surface area contributed by atoms with E-state index in [9.17, 15) is 0 Å². The molecule has 0 fully saturated rings. The van der Waals surface area contributed by atoms with Gasteiger partial charge in [-0.2, -0.15) is 0 Å². The van der Waals surface area contributed by atoms with E-state index in [1.807, 2.05) is 38.1 Å². The molecule has 2 rings (SSSR count). The number of para-hydroxylation sites is 1. The van der Waals surface area contributed by atoms with Crippen molar-refractivity contribution in [2.45, 2.75) is 26.0 Å². The van der Waals surface area contributed by atoms with E-state index in [2.05, 4.69) is 34.0 Å². The van der Waals surface area contributed by atoms with Gasteiger partial charge in [0.05, 0.1) is 15.0 Å². The van der Waals surface area contributed by atoms with Crippen molar-refractivity contribution in [2.24, 2.45) is 5.73 Å². The second-order valence-corrected chi connectivity index (χ2v) is 7.17. The number of benzene rings is 1. The summed E-state index contributed by atoms with van der Waals surface area (Å²) >= 11 is 4.03. The summed E-state index contributed by atoms with van der Waals surface area (Å²) in [4.78, 5) is 0. The summed E-state index contributed by atoms with van der Waals surface area (Å²) in [7, 11) is 0. The molecular formula is C14H16INOS. The Bertz CT molecular complexity index is 524.